The molecule has 0 radical (unpaired) electrons. The van der Waals surface area contributed by atoms with Crippen LogP contribution in [0.2, 0.25) is 0 Å². The molecule has 1 aliphatic heterocycles. The first kappa shape index (κ1) is 22.0. The summed E-state index contributed by atoms with van der Waals surface area (Å²) in [6.45, 7) is 7.80. The Morgan fingerprint density at radius 1 is 1.24 bits per heavy atom. The molecule has 0 amide bonds. The van der Waals surface area contributed by atoms with Gasteiger partial charge in [0.1, 0.15) is 0 Å². The number of nitrogens with one attached hydrogen (secondary N) is 1. The smallest absolute Gasteiger partial charge is 0.152 e. The second-order valence-corrected chi connectivity index (χ2v) is 10.6. The van der Waals surface area contributed by atoms with Gasteiger partial charge < -0.3 is 10.2 Å². The lowest BCUT2D eigenvalue weighted by Crippen LogP contribution is -2.31. The molecular weight excluding hydrogens is 384 g/mol. The molecule has 7 heteroatoms. The van der Waals surface area contributed by atoms with Crippen LogP contribution < -0.4 is 5.32 Å². The van der Waals surface area contributed by atoms with Gasteiger partial charge in [-0.2, -0.15) is 5.10 Å². The zero-order chi connectivity index (χ0) is 21.2. The minimum atomic E-state index is -2.92. The third-order valence-corrected chi connectivity index (χ3v) is 7.82. The van der Waals surface area contributed by atoms with Crippen LogP contribution in [-0.2, 0) is 22.8 Å². The fraction of sp³-hybridized carbons (Fsp3) is 0.591. The zero-order valence-electron chi connectivity index (χ0n) is 18.3. The van der Waals surface area contributed by atoms with Crippen LogP contribution in [0.15, 0.2) is 24.3 Å². The van der Waals surface area contributed by atoms with Crippen LogP contribution in [0.4, 0.5) is 0 Å². The van der Waals surface area contributed by atoms with Crippen molar-refractivity contribution in [3.8, 4) is 0 Å². The molecule has 0 spiro atoms. The van der Waals surface area contributed by atoms with Gasteiger partial charge in [0.05, 0.1) is 23.2 Å². The van der Waals surface area contributed by atoms with Crippen molar-refractivity contribution in [1.29, 1.82) is 0 Å². The average Bonchev–Trinajstić information content (AvgIpc) is 3.17. The monoisotopic (exact) mass is 418 g/mol. The Hall–Kier alpha value is -1.70. The Morgan fingerprint density at radius 2 is 1.93 bits per heavy atom. The maximum atomic E-state index is 11.8. The van der Waals surface area contributed by atoms with Crippen LogP contribution in [0.1, 0.15) is 53.5 Å². The quantitative estimate of drug-likeness (QED) is 0.714. The molecule has 1 fully saturated rings. The fourth-order valence-corrected chi connectivity index (χ4v) is 5.88. The summed E-state index contributed by atoms with van der Waals surface area (Å²) in [5.41, 5.74) is 5.89. The Balaban J connectivity index is 1.67. The molecule has 2 atom stereocenters. The summed E-state index contributed by atoms with van der Waals surface area (Å²) >= 11 is 0. The predicted octanol–water partition coefficient (Wildman–Crippen LogP) is 2.81. The first-order chi connectivity index (χ1) is 13.7. The summed E-state index contributed by atoms with van der Waals surface area (Å²) in [6.07, 6.45) is 1.71. The maximum Gasteiger partial charge on any atom is 0.152 e. The van der Waals surface area contributed by atoms with Gasteiger partial charge >= 0.3 is 0 Å². The molecule has 1 N–H and O–H groups in total. The van der Waals surface area contributed by atoms with Crippen LogP contribution >= 0.6 is 0 Å². The van der Waals surface area contributed by atoms with Crippen LogP contribution in [0.25, 0.3) is 0 Å². The SMILES string of the molecule is CCc1ccc([C@@H](CNCc2c(C)nn([C@@H]3CCS(=O)(=O)C3)c2C)N(C)C)cc1. The number of nitrogens with zero attached hydrogens (tertiary/aromatic N) is 3. The molecule has 29 heavy (non-hydrogen) atoms. The van der Waals surface area contributed by atoms with E-state index in [1.807, 2.05) is 11.6 Å². The largest absolute Gasteiger partial charge is 0.311 e. The summed E-state index contributed by atoms with van der Waals surface area (Å²) in [5.74, 6) is 0.475. The predicted molar refractivity (Wildman–Crippen MR) is 118 cm³/mol. The maximum absolute atomic E-state index is 11.8. The van der Waals surface area contributed by atoms with E-state index in [4.69, 9.17) is 0 Å². The number of rotatable bonds is 8. The third kappa shape index (κ3) is 5.08. The Morgan fingerprint density at radius 3 is 2.48 bits per heavy atom. The molecule has 1 aliphatic rings. The molecule has 0 saturated carbocycles. The number of hydrogen-bond acceptors (Lipinski definition) is 5. The van der Waals surface area contributed by atoms with Crippen LogP contribution in [-0.4, -0.2) is 55.2 Å². The third-order valence-electron chi connectivity index (χ3n) is 6.06. The van der Waals surface area contributed by atoms with E-state index in [2.05, 4.69) is 67.5 Å². The molecule has 0 aliphatic carbocycles. The van der Waals surface area contributed by atoms with Gasteiger partial charge in [-0.1, -0.05) is 31.2 Å². The summed E-state index contributed by atoms with van der Waals surface area (Å²) in [7, 11) is 1.29. The highest BCUT2D eigenvalue weighted by Gasteiger charge is 2.31. The first-order valence-corrected chi connectivity index (χ1v) is 12.2. The number of sulfone groups is 1. The van der Waals surface area contributed by atoms with Crippen molar-refractivity contribution < 1.29 is 8.42 Å². The van der Waals surface area contributed by atoms with Gasteiger partial charge in [0.25, 0.3) is 0 Å². The van der Waals surface area contributed by atoms with Gasteiger partial charge in [-0.25, -0.2) is 8.42 Å². The van der Waals surface area contributed by atoms with Crippen LogP contribution in [0.5, 0.6) is 0 Å². The van der Waals surface area contributed by atoms with E-state index in [0.717, 1.165) is 30.9 Å². The molecule has 0 unspecified atom stereocenters. The molecule has 6 nitrogen and oxygen atoms in total. The van der Waals surface area contributed by atoms with Crippen molar-refractivity contribution >= 4 is 9.84 Å². The molecule has 3 rings (SSSR count). The van der Waals surface area contributed by atoms with Crippen molar-refractivity contribution in [2.75, 3.05) is 32.1 Å². The molecule has 0 bridgehead atoms. The summed E-state index contributed by atoms with van der Waals surface area (Å²) in [4.78, 5) is 2.24. The lowest BCUT2D eigenvalue weighted by molar-refractivity contribution is 0.288. The Kier molecular flexibility index (Phi) is 6.81. The molecule has 1 aromatic heterocycles. The Bertz CT molecular complexity index is 932. The summed E-state index contributed by atoms with van der Waals surface area (Å²) < 4.78 is 25.6. The number of hydrogen-bond donors (Lipinski definition) is 1. The standard InChI is InChI=1S/C22H34N4O2S/c1-6-18-7-9-19(10-8-18)22(25(4)5)14-23-13-21-16(2)24-26(17(21)3)20-11-12-29(27,28)15-20/h7-10,20,22-23H,6,11-15H2,1-5H3/t20-,22-/m1/s1. The molecule has 2 heterocycles. The summed E-state index contributed by atoms with van der Waals surface area (Å²) in [5, 5.41) is 8.27. The molecular formula is C22H34N4O2S. The van der Waals surface area contributed by atoms with E-state index < -0.39 is 9.84 Å². The van der Waals surface area contributed by atoms with Gasteiger partial charge in [0, 0.05) is 30.4 Å². The van der Waals surface area contributed by atoms with Crippen LogP contribution in [0.3, 0.4) is 0 Å². The highest BCUT2D eigenvalue weighted by Crippen LogP contribution is 2.27. The van der Waals surface area contributed by atoms with E-state index in [0.29, 0.717) is 6.42 Å². The minimum Gasteiger partial charge on any atom is -0.311 e. The van der Waals surface area contributed by atoms with Crippen molar-refractivity contribution in [3.05, 3.63) is 52.3 Å². The minimum absolute atomic E-state index is 0.0287. The number of likely N-dealkylation sites (N-methyl/N-ethyl adjacent to an activating group) is 1. The second kappa shape index (κ2) is 8.98. The van der Waals surface area contributed by atoms with Gasteiger partial charge in [0.15, 0.2) is 9.84 Å². The van der Waals surface area contributed by atoms with E-state index in [9.17, 15) is 8.42 Å². The fourth-order valence-electron chi connectivity index (χ4n) is 4.18. The van der Waals surface area contributed by atoms with E-state index in [-0.39, 0.29) is 23.6 Å². The van der Waals surface area contributed by atoms with E-state index in [1.165, 1.54) is 16.7 Å². The van der Waals surface area contributed by atoms with Crippen molar-refractivity contribution in [2.45, 2.75) is 52.2 Å². The molecule has 2 aromatic rings. The number of aromatic nitrogens is 2. The normalized spacial score (nSPS) is 19.7. The van der Waals surface area contributed by atoms with Crippen molar-refractivity contribution in [3.63, 3.8) is 0 Å². The topological polar surface area (TPSA) is 67.2 Å². The second-order valence-electron chi connectivity index (χ2n) is 8.36. The number of benzene rings is 1. The van der Waals surface area contributed by atoms with Crippen LogP contribution in [0, 0.1) is 13.8 Å². The Labute approximate surface area is 175 Å². The average molecular weight is 419 g/mol. The highest BCUT2D eigenvalue weighted by molar-refractivity contribution is 7.91. The first-order valence-electron chi connectivity index (χ1n) is 10.4. The highest BCUT2D eigenvalue weighted by atomic mass is 32.2. The van der Waals surface area contributed by atoms with Gasteiger partial charge in [0.2, 0.25) is 0 Å². The number of aryl methyl sites for hydroxylation is 2. The van der Waals surface area contributed by atoms with Crippen molar-refractivity contribution in [1.82, 2.24) is 20.0 Å². The molecule has 1 aromatic carbocycles. The zero-order valence-corrected chi connectivity index (χ0v) is 19.1. The molecule has 160 valence electrons. The van der Waals surface area contributed by atoms with Gasteiger partial charge in [-0.15, -0.1) is 0 Å². The van der Waals surface area contributed by atoms with E-state index >= 15 is 0 Å². The van der Waals surface area contributed by atoms with Gasteiger partial charge in [-0.05, 0) is 51.9 Å². The lowest BCUT2D eigenvalue weighted by atomic mass is 10.0. The summed E-state index contributed by atoms with van der Waals surface area (Å²) in [6, 6.07) is 9.12. The van der Waals surface area contributed by atoms with E-state index in [1.54, 1.807) is 0 Å². The molecule has 1 saturated heterocycles. The lowest BCUT2D eigenvalue weighted by Gasteiger charge is -2.25. The van der Waals surface area contributed by atoms with Gasteiger partial charge in [-0.3, -0.25) is 4.68 Å². The van der Waals surface area contributed by atoms with Crippen molar-refractivity contribution in [2.24, 2.45) is 0 Å².